The highest BCUT2D eigenvalue weighted by Crippen LogP contribution is 2.54. The van der Waals surface area contributed by atoms with Gasteiger partial charge in [0.2, 0.25) is 0 Å². The van der Waals surface area contributed by atoms with Crippen molar-refractivity contribution in [2.45, 2.75) is 37.7 Å². The molecule has 0 heterocycles. The van der Waals surface area contributed by atoms with Gasteiger partial charge < -0.3 is 10.8 Å². The lowest BCUT2D eigenvalue weighted by atomic mass is 9.53. The first kappa shape index (κ1) is 13.8. The molecule has 2 atom stereocenters. The van der Waals surface area contributed by atoms with Gasteiger partial charge in [-0.05, 0) is 62.3 Å². The van der Waals surface area contributed by atoms with Gasteiger partial charge in [-0.3, -0.25) is 4.79 Å². The van der Waals surface area contributed by atoms with Crippen LogP contribution in [0.5, 0.6) is 0 Å². The lowest BCUT2D eigenvalue weighted by molar-refractivity contribution is -0.0825. The van der Waals surface area contributed by atoms with E-state index in [0.717, 1.165) is 37.8 Å². The standard InChI is InChI=1S/C17H21N3O2/c18-14-3-1-11(2-4-14)16(21)20-19-15-12-5-10-6-13(15)9-17(22,7-10)8-12/h1-4,10,12-13,22H,5-9,18H2,(H,20,21)/t10?,12-,13-,17?/m1/s1. The quantitative estimate of drug-likeness (QED) is 0.576. The minimum absolute atomic E-state index is 0.208. The first-order valence-electron chi connectivity index (χ1n) is 7.98. The molecule has 0 radical (unpaired) electrons. The minimum Gasteiger partial charge on any atom is -0.399 e. The van der Waals surface area contributed by atoms with Crippen LogP contribution in [0.25, 0.3) is 0 Å². The van der Waals surface area contributed by atoms with Gasteiger partial charge in [0, 0.05) is 28.8 Å². The summed E-state index contributed by atoms with van der Waals surface area (Å²) >= 11 is 0. The summed E-state index contributed by atoms with van der Waals surface area (Å²) in [6.45, 7) is 0. The summed E-state index contributed by atoms with van der Waals surface area (Å²) < 4.78 is 0. The molecule has 4 aliphatic carbocycles. The third kappa shape index (κ3) is 2.29. The topological polar surface area (TPSA) is 87.7 Å². The molecule has 4 aliphatic rings. The van der Waals surface area contributed by atoms with Crippen LogP contribution in [-0.4, -0.2) is 22.3 Å². The van der Waals surface area contributed by atoms with Crippen molar-refractivity contribution in [3.8, 4) is 0 Å². The number of nitrogens with two attached hydrogens (primary N) is 1. The number of rotatable bonds is 2. The van der Waals surface area contributed by atoms with E-state index >= 15 is 0 Å². The Morgan fingerprint density at radius 3 is 2.41 bits per heavy atom. The SMILES string of the molecule is Nc1ccc(C(=O)NN=C2[C@@H]3CC4C[C@@H]2CC(O)(C4)C3)cc1. The first-order chi connectivity index (χ1) is 10.5. The molecule has 22 heavy (non-hydrogen) atoms. The molecule has 4 N–H and O–H groups in total. The summed E-state index contributed by atoms with van der Waals surface area (Å²) in [6.07, 6.45) is 4.77. The van der Waals surface area contributed by atoms with E-state index in [2.05, 4.69) is 10.5 Å². The van der Waals surface area contributed by atoms with E-state index in [0.29, 0.717) is 29.0 Å². The molecule has 0 aliphatic heterocycles. The molecule has 4 bridgehead atoms. The normalized spacial score (nSPS) is 35.5. The van der Waals surface area contributed by atoms with E-state index in [1.54, 1.807) is 24.3 Å². The highest BCUT2D eigenvalue weighted by molar-refractivity contribution is 5.97. The van der Waals surface area contributed by atoms with E-state index in [1.807, 2.05) is 0 Å². The van der Waals surface area contributed by atoms with Gasteiger partial charge >= 0.3 is 0 Å². The fraction of sp³-hybridized carbons (Fsp3) is 0.529. The van der Waals surface area contributed by atoms with Crippen LogP contribution >= 0.6 is 0 Å². The number of nitrogens with one attached hydrogen (secondary N) is 1. The highest BCUT2D eigenvalue weighted by atomic mass is 16.3. The van der Waals surface area contributed by atoms with Crippen molar-refractivity contribution in [3.63, 3.8) is 0 Å². The molecule has 4 saturated carbocycles. The van der Waals surface area contributed by atoms with Crippen molar-refractivity contribution in [1.29, 1.82) is 0 Å². The van der Waals surface area contributed by atoms with E-state index in [1.165, 1.54) is 0 Å². The number of benzene rings is 1. The number of hydrazone groups is 1. The van der Waals surface area contributed by atoms with Crippen molar-refractivity contribution in [1.82, 2.24) is 5.43 Å². The molecular weight excluding hydrogens is 278 g/mol. The van der Waals surface area contributed by atoms with Crippen LogP contribution in [-0.2, 0) is 0 Å². The maximum Gasteiger partial charge on any atom is 0.271 e. The number of hydrogen-bond acceptors (Lipinski definition) is 4. The molecule has 116 valence electrons. The second-order valence-corrected chi connectivity index (χ2v) is 7.17. The first-order valence-corrected chi connectivity index (χ1v) is 7.98. The third-order valence-corrected chi connectivity index (χ3v) is 5.45. The summed E-state index contributed by atoms with van der Waals surface area (Å²) in [4.78, 5) is 12.1. The van der Waals surface area contributed by atoms with Crippen molar-refractivity contribution in [3.05, 3.63) is 29.8 Å². The number of carbonyl (C=O) groups is 1. The van der Waals surface area contributed by atoms with Gasteiger partial charge in [0.1, 0.15) is 0 Å². The zero-order valence-electron chi connectivity index (χ0n) is 12.5. The Labute approximate surface area is 129 Å². The van der Waals surface area contributed by atoms with Crippen LogP contribution in [0.3, 0.4) is 0 Å². The fourth-order valence-corrected chi connectivity index (χ4v) is 4.72. The van der Waals surface area contributed by atoms with E-state index in [-0.39, 0.29) is 5.91 Å². The van der Waals surface area contributed by atoms with E-state index in [9.17, 15) is 9.90 Å². The second-order valence-electron chi connectivity index (χ2n) is 7.17. The predicted molar refractivity (Wildman–Crippen MR) is 84.3 cm³/mol. The van der Waals surface area contributed by atoms with Gasteiger partial charge in [-0.25, -0.2) is 5.43 Å². The van der Waals surface area contributed by atoms with Crippen LogP contribution in [0.4, 0.5) is 5.69 Å². The molecule has 1 aromatic rings. The maximum absolute atomic E-state index is 12.1. The molecule has 1 amide bonds. The number of anilines is 1. The molecule has 4 fully saturated rings. The van der Waals surface area contributed by atoms with Gasteiger partial charge in [-0.15, -0.1) is 0 Å². The summed E-state index contributed by atoms with van der Waals surface area (Å²) in [5.41, 5.74) is 10.1. The molecular formula is C17H21N3O2. The van der Waals surface area contributed by atoms with Gasteiger partial charge in [-0.1, -0.05) is 0 Å². The molecule has 5 heteroatoms. The average Bonchev–Trinajstić information content (AvgIpc) is 2.45. The maximum atomic E-state index is 12.1. The average molecular weight is 299 g/mol. The Hall–Kier alpha value is -1.88. The Morgan fingerprint density at radius 2 is 1.82 bits per heavy atom. The van der Waals surface area contributed by atoms with Gasteiger partial charge in [0.05, 0.1) is 5.60 Å². The van der Waals surface area contributed by atoms with E-state index in [4.69, 9.17) is 5.73 Å². The van der Waals surface area contributed by atoms with Crippen LogP contribution in [0.15, 0.2) is 29.4 Å². The molecule has 1 aromatic carbocycles. The van der Waals surface area contributed by atoms with Crippen molar-refractivity contribution < 1.29 is 9.90 Å². The Kier molecular flexibility index (Phi) is 3.01. The Morgan fingerprint density at radius 1 is 1.18 bits per heavy atom. The summed E-state index contributed by atoms with van der Waals surface area (Å²) in [5, 5.41) is 15.0. The van der Waals surface area contributed by atoms with Crippen LogP contribution in [0, 0.1) is 17.8 Å². The summed E-state index contributed by atoms with van der Waals surface area (Å²) in [6, 6.07) is 6.82. The van der Waals surface area contributed by atoms with Crippen molar-refractivity contribution in [2.24, 2.45) is 22.9 Å². The molecule has 5 nitrogen and oxygen atoms in total. The number of carbonyl (C=O) groups excluding carboxylic acids is 1. The number of aliphatic hydroxyl groups is 1. The van der Waals surface area contributed by atoms with Gasteiger partial charge in [0.15, 0.2) is 0 Å². The smallest absolute Gasteiger partial charge is 0.271 e. The molecule has 0 saturated heterocycles. The van der Waals surface area contributed by atoms with Crippen LogP contribution < -0.4 is 11.2 Å². The lowest BCUT2D eigenvalue weighted by Crippen LogP contribution is -2.55. The van der Waals surface area contributed by atoms with Crippen molar-refractivity contribution >= 4 is 17.3 Å². The Balaban J connectivity index is 1.49. The van der Waals surface area contributed by atoms with Gasteiger partial charge in [-0.2, -0.15) is 5.10 Å². The summed E-state index contributed by atoms with van der Waals surface area (Å²) in [5.74, 6) is 1.10. The second kappa shape index (κ2) is 4.81. The monoisotopic (exact) mass is 299 g/mol. The number of hydrogen-bond donors (Lipinski definition) is 3. The van der Waals surface area contributed by atoms with Crippen LogP contribution in [0.2, 0.25) is 0 Å². The van der Waals surface area contributed by atoms with E-state index < -0.39 is 5.60 Å². The number of nitrogens with zero attached hydrogens (tertiary/aromatic N) is 1. The number of amides is 1. The fourth-order valence-electron chi connectivity index (χ4n) is 4.72. The molecule has 0 aromatic heterocycles. The highest BCUT2D eigenvalue weighted by Gasteiger charge is 2.53. The summed E-state index contributed by atoms with van der Waals surface area (Å²) in [7, 11) is 0. The van der Waals surface area contributed by atoms with Crippen LogP contribution in [0.1, 0.15) is 42.5 Å². The Bertz CT molecular complexity index is 620. The molecule has 0 unspecified atom stereocenters. The van der Waals surface area contributed by atoms with Gasteiger partial charge in [0.25, 0.3) is 5.91 Å². The zero-order valence-corrected chi connectivity index (χ0v) is 12.5. The third-order valence-electron chi connectivity index (χ3n) is 5.45. The lowest BCUT2D eigenvalue weighted by Gasteiger charge is -2.54. The largest absolute Gasteiger partial charge is 0.399 e. The predicted octanol–water partition coefficient (Wildman–Crippen LogP) is 1.93. The molecule has 5 rings (SSSR count). The van der Waals surface area contributed by atoms with Crippen molar-refractivity contribution in [2.75, 3.05) is 5.73 Å². The minimum atomic E-state index is -0.476. The zero-order chi connectivity index (χ0) is 15.3. The number of nitrogen functional groups attached to an aromatic ring is 1. The molecule has 0 spiro atoms.